The van der Waals surface area contributed by atoms with E-state index < -0.39 is 0 Å². The number of carbonyl (C=O) groups excluding carboxylic acids is 1. The number of amides is 1. The maximum absolute atomic E-state index is 12.3. The van der Waals surface area contributed by atoms with Gasteiger partial charge in [0, 0.05) is 17.5 Å². The van der Waals surface area contributed by atoms with Crippen LogP contribution in [-0.4, -0.2) is 28.5 Å². The molecule has 1 aliphatic carbocycles. The summed E-state index contributed by atoms with van der Waals surface area (Å²) in [6.45, 7) is 3.96. The average molecular weight is 416 g/mol. The number of thiophene rings is 1. The SMILES string of the molecule is CC1CCC(NC(=O)CNC(=S)N(Cc2ccccc2)Cc2cccs2)CC1. The van der Waals surface area contributed by atoms with Crippen LogP contribution in [0.3, 0.4) is 0 Å². The van der Waals surface area contributed by atoms with Gasteiger partial charge >= 0.3 is 0 Å². The van der Waals surface area contributed by atoms with Gasteiger partial charge in [0.2, 0.25) is 5.91 Å². The molecule has 0 spiro atoms. The van der Waals surface area contributed by atoms with Gasteiger partial charge in [-0.2, -0.15) is 0 Å². The summed E-state index contributed by atoms with van der Waals surface area (Å²) in [5.41, 5.74) is 1.20. The molecule has 1 aromatic carbocycles. The van der Waals surface area contributed by atoms with E-state index in [1.54, 1.807) is 11.3 Å². The normalized spacial score (nSPS) is 19.0. The van der Waals surface area contributed by atoms with Crippen molar-refractivity contribution >= 4 is 34.6 Å². The van der Waals surface area contributed by atoms with Crippen molar-refractivity contribution in [2.24, 2.45) is 5.92 Å². The van der Waals surface area contributed by atoms with Crippen molar-refractivity contribution in [3.05, 3.63) is 58.3 Å². The number of hydrogen-bond acceptors (Lipinski definition) is 3. The molecule has 3 rings (SSSR count). The lowest BCUT2D eigenvalue weighted by atomic mass is 9.87. The van der Waals surface area contributed by atoms with E-state index in [2.05, 4.69) is 52.1 Å². The molecule has 2 aromatic rings. The monoisotopic (exact) mass is 415 g/mol. The second-order valence-electron chi connectivity index (χ2n) is 7.60. The molecule has 0 aliphatic heterocycles. The fourth-order valence-corrected chi connectivity index (χ4v) is 4.47. The molecule has 0 atom stereocenters. The van der Waals surface area contributed by atoms with Crippen molar-refractivity contribution in [3.8, 4) is 0 Å². The highest BCUT2D eigenvalue weighted by molar-refractivity contribution is 7.80. The Balaban J connectivity index is 1.52. The number of nitrogens with zero attached hydrogens (tertiary/aromatic N) is 1. The molecule has 0 radical (unpaired) electrons. The van der Waals surface area contributed by atoms with Gasteiger partial charge < -0.3 is 15.5 Å². The summed E-state index contributed by atoms with van der Waals surface area (Å²) in [4.78, 5) is 15.7. The van der Waals surface area contributed by atoms with Crippen LogP contribution in [0.2, 0.25) is 0 Å². The second-order valence-corrected chi connectivity index (χ2v) is 9.02. The number of thiocarbonyl (C=S) groups is 1. The number of benzene rings is 1. The molecule has 28 heavy (non-hydrogen) atoms. The molecule has 1 aliphatic rings. The Morgan fingerprint density at radius 3 is 2.54 bits per heavy atom. The van der Waals surface area contributed by atoms with Crippen LogP contribution in [-0.2, 0) is 17.9 Å². The van der Waals surface area contributed by atoms with Crippen molar-refractivity contribution in [1.82, 2.24) is 15.5 Å². The Bertz CT molecular complexity index is 740. The minimum atomic E-state index is 0.0256. The Morgan fingerprint density at radius 1 is 1.11 bits per heavy atom. The zero-order valence-corrected chi connectivity index (χ0v) is 18.0. The number of rotatable bonds is 7. The molecule has 1 heterocycles. The molecule has 1 amide bonds. The Labute approximate surface area is 177 Å². The summed E-state index contributed by atoms with van der Waals surface area (Å²) in [7, 11) is 0. The summed E-state index contributed by atoms with van der Waals surface area (Å²) in [5.74, 6) is 0.806. The molecule has 0 unspecified atom stereocenters. The lowest BCUT2D eigenvalue weighted by molar-refractivity contribution is -0.121. The summed E-state index contributed by atoms with van der Waals surface area (Å²) >= 11 is 7.34. The van der Waals surface area contributed by atoms with Gasteiger partial charge in [0.1, 0.15) is 0 Å². The first kappa shape index (κ1) is 20.8. The molecule has 6 heteroatoms. The van der Waals surface area contributed by atoms with Crippen LogP contribution in [0.15, 0.2) is 47.8 Å². The molecule has 150 valence electrons. The molecule has 0 bridgehead atoms. The highest BCUT2D eigenvalue weighted by atomic mass is 32.1. The standard InChI is InChI=1S/C22H29N3OS2/c1-17-9-11-19(12-10-17)24-21(26)14-23-22(27)25(16-20-8-5-13-28-20)15-18-6-3-2-4-7-18/h2-8,13,17,19H,9-12,14-16H2,1H3,(H,23,27)(H,24,26). The fourth-order valence-electron chi connectivity index (χ4n) is 3.54. The third kappa shape index (κ3) is 6.60. The Kier molecular flexibility index (Phi) is 7.86. The molecule has 1 aromatic heterocycles. The van der Waals surface area contributed by atoms with Crippen LogP contribution < -0.4 is 10.6 Å². The van der Waals surface area contributed by atoms with Gasteiger partial charge in [0.05, 0.1) is 13.1 Å². The van der Waals surface area contributed by atoms with Crippen LogP contribution in [0.4, 0.5) is 0 Å². The van der Waals surface area contributed by atoms with Gasteiger partial charge in [-0.3, -0.25) is 4.79 Å². The molecular formula is C22H29N3OS2. The van der Waals surface area contributed by atoms with Gasteiger partial charge in [-0.1, -0.05) is 43.3 Å². The van der Waals surface area contributed by atoms with E-state index >= 15 is 0 Å². The molecule has 1 saturated carbocycles. The quantitative estimate of drug-likeness (QED) is 0.661. The number of carbonyl (C=O) groups is 1. The van der Waals surface area contributed by atoms with Gasteiger partial charge in [-0.05, 0) is 60.8 Å². The van der Waals surface area contributed by atoms with Gasteiger partial charge in [0.15, 0.2) is 5.11 Å². The Morgan fingerprint density at radius 2 is 1.86 bits per heavy atom. The zero-order chi connectivity index (χ0) is 19.8. The molecule has 4 nitrogen and oxygen atoms in total. The number of nitrogens with one attached hydrogen (secondary N) is 2. The van der Waals surface area contributed by atoms with E-state index in [4.69, 9.17) is 12.2 Å². The zero-order valence-electron chi connectivity index (χ0n) is 16.4. The number of hydrogen-bond donors (Lipinski definition) is 2. The van der Waals surface area contributed by atoms with Gasteiger partial charge in [-0.25, -0.2) is 0 Å². The first-order chi connectivity index (χ1) is 13.6. The first-order valence-corrected chi connectivity index (χ1v) is 11.3. The first-order valence-electron chi connectivity index (χ1n) is 9.98. The maximum atomic E-state index is 12.3. The van der Waals surface area contributed by atoms with E-state index in [1.165, 1.54) is 23.3 Å². The van der Waals surface area contributed by atoms with Crippen LogP contribution in [0.1, 0.15) is 43.0 Å². The minimum absolute atomic E-state index is 0.0256. The lowest BCUT2D eigenvalue weighted by Gasteiger charge is -2.28. The summed E-state index contributed by atoms with van der Waals surface area (Å²) in [6.07, 6.45) is 4.55. The second kappa shape index (κ2) is 10.6. The molecular weight excluding hydrogens is 386 g/mol. The molecule has 0 saturated heterocycles. The van der Waals surface area contributed by atoms with Crippen LogP contribution in [0, 0.1) is 5.92 Å². The van der Waals surface area contributed by atoms with Crippen molar-refractivity contribution in [3.63, 3.8) is 0 Å². The van der Waals surface area contributed by atoms with E-state index in [0.29, 0.717) is 17.7 Å². The van der Waals surface area contributed by atoms with Crippen LogP contribution >= 0.6 is 23.6 Å². The predicted molar refractivity (Wildman–Crippen MR) is 120 cm³/mol. The highest BCUT2D eigenvalue weighted by Crippen LogP contribution is 2.23. The third-order valence-electron chi connectivity index (χ3n) is 5.21. The summed E-state index contributed by atoms with van der Waals surface area (Å²) in [6, 6.07) is 14.8. The highest BCUT2D eigenvalue weighted by Gasteiger charge is 2.20. The largest absolute Gasteiger partial charge is 0.353 e. The van der Waals surface area contributed by atoms with Crippen molar-refractivity contribution < 1.29 is 4.79 Å². The Hall–Kier alpha value is -1.92. The van der Waals surface area contributed by atoms with Gasteiger partial charge in [0.25, 0.3) is 0 Å². The van der Waals surface area contributed by atoms with Crippen molar-refractivity contribution in [1.29, 1.82) is 0 Å². The predicted octanol–water partition coefficient (Wildman–Crippen LogP) is 4.32. The van der Waals surface area contributed by atoms with E-state index in [-0.39, 0.29) is 12.5 Å². The minimum Gasteiger partial charge on any atom is -0.353 e. The maximum Gasteiger partial charge on any atom is 0.239 e. The van der Waals surface area contributed by atoms with Crippen LogP contribution in [0.5, 0.6) is 0 Å². The van der Waals surface area contributed by atoms with Crippen molar-refractivity contribution in [2.45, 2.75) is 51.7 Å². The van der Waals surface area contributed by atoms with Crippen molar-refractivity contribution in [2.75, 3.05) is 6.54 Å². The molecule has 2 N–H and O–H groups in total. The third-order valence-corrected chi connectivity index (χ3v) is 6.48. The van der Waals surface area contributed by atoms with Crippen LogP contribution in [0.25, 0.3) is 0 Å². The summed E-state index contributed by atoms with van der Waals surface area (Å²) in [5, 5.41) is 9.00. The topological polar surface area (TPSA) is 44.4 Å². The smallest absolute Gasteiger partial charge is 0.239 e. The van der Waals surface area contributed by atoms with Gasteiger partial charge in [-0.15, -0.1) is 11.3 Å². The van der Waals surface area contributed by atoms with E-state index in [1.807, 2.05) is 18.2 Å². The fraction of sp³-hybridized carbons (Fsp3) is 0.455. The molecule has 1 fully saturated rings. The average Bonchev–Trinajstić information content (AvgIpc) is 3.21. The van der Waals surface area contributed by atoms with E-state index in [9.17, 15) is 4.79 Å². The lowest BCUT2D eigenvalue weighted by Crippen LogP contribution is -2.46. The van der Waals surface area contributed by atoms with E-state index in [0.717, 1.165) is 25.3 Å². The summed E-state index contributed by atoms with van der Waals surface area (Å²) < 4.78 is 0.